The second-order valence-corrected chi connectivity index (χ2v) is 5.78. The van der Waals surface area contributed by atoms with Crippen LogP contribution in [0, 0.1) is 13.8 Å². The van der Waals surface area contributed by atoms with Gasteiger partial charge in [-0.3, -0.25) is 4.99 Å². The number of amidine groups is 1. The number of rotatable bonds is 3. The minimum atomic E-state index is -0.456. The molecule has 3 nitrogen and oxygen atoms in total. The summed E-state index contributed by atoms with van der Waals surface area (Å²) in [5, 5.41) is 13.5. The van der Waals surface area contributed by atoms with E-state index < -0.39 is 5.54 Å². The van der Waals surface area contributed by atoms with Crippen molar-refractivity contribution in [3.05, 3.63) is 29.3 Å². The van der Waals surface area contributed by atoms with Crippen molar-refractivity contribution in [1.82, 2.24) is 0 Å². The number of nitrogens with one attached hydrogen (secondary N) is 1. The van der Waals surface area contributed by atoms with Gasteiger partial charge >= 0.3 is 0 Å². The first-order valence-corrected chi connectivity index (χ1v) is 7.20. The number of hydrogen-bond donors (Lipinski definition) is 2. The first-order valence-electron chi connectivity index (χ1n) is 5.97. The monoisotopic (exact) mass is 393 g/mol. The fourth-order valence-corrected chi connectivity index (χ4v) is 2.10. The number of aryl methyl sites for hydroxylation is 2. The maximum atomic E-state index is 9.27. The topological polar surface area (TPSA) is 44.6 Å². The lowest BCUT2D eigenvalue weighted by Crippen LogP contribution is -3.00. The van der Waals surface area contributed by atoms with Gasteiger partial charge in [0.25, 0.3) is 0 Å². The molecular weight excluding hydrogens is 371 g/mol. The van der Waals surface area contributed by atoms with E-state index in [1.807, 2.05) is 26.2 Å². The lowest BCUT2D eigenvalue weighted by Gasteiger charge is -2.20. The van der Waals surface area contributed by atoms with E-state index in [1.165, 1.54) is 11.1 Å². The minimum absolute atomic E-state index is 0. The molecule has 1 rings (SSSR count). The predicted molar refractivity (Wildman–Crippen MR) is 81.7 cm³/mol. The molecule has 0 amide bonds. The number of hydrogen-bond acceptors (Lipinski definition) is 3. The standard InChI is InChI=1S/C14H22N2OS.HI/c1-10-7-6-8-11(2)12(10)15-13(18-5)16-14(3,4)9-17;/h6-8,17H,9H2,1-5H3,(H,15,16);1H/p-1. The molecule has 0 aliphatic carbocycles. The van der Waals surface area contributed by atoms with Crippen molar-refractivity contribution in [1.29, 1.82) is 0 Å². The molecule has 0 heterocycles. The molecule has 0 aliphatic rings. The molecule has 0 saturated heterocycles. The van der Waals surface area contributed by atoms with Crippen LogP contribution in [-0.2, 0) is 0 Å². The second kappa shape index (κ2) is 8.11. The van der Waals surface area contributed by atoms with Gasteiger partial charge in [0.2, 0.25) is 0 Å². The summed E-state index contributed by atoms with van der Waals surface area (Å²) in [5.74, 6) is 0. The van der Waals surface area contributed by atoms with Gasteiger partial charge in [0, 0.05) is 5.69 Å². The van der Waals surface area contributed by atoms with Crippen LogP contribution in [0.3, 0.4) is 0 Å². The number of aliphatic hydroxyl groups is 1. The largest absolute Gasteiger partial charge is 1.00 e. The Labute approximate surface area is 137 Å². The molecule has 1 aromatic rings. The number of aliphatic hydroxyl groups excluding tert-OH is 1. The third-order valence-electron chi connectivity index (χ3n) is 2.70. The Kier molecular flexibility index (Phi) is 8.00. The summed E-state index contributed by atoms with van der Waals surface area (Å²) >= 11 is 1.55. The molecule has 19 heavy (non-hydrogen) atoms. The van der Waals surface area contributed by atoms with Gasteiger partial charge in [-0.15, -0.1) is 0 Å². The Morgan fingerprint density at radius 3 is 2.26 bits per heavy atom. The minimum Gasteiger partial charge on any atom is -1.00 e. The number of anilines is 1. The molecule has 2 N–H and O–H groups in total. The van der Waals surface area contributed by atoms with Crippen LogP contribution in [0.5, 0.6) is 0 Å². The average molecular weight is 393 g/mol. The normalized spacial score (nSPS) is 12.0. The highest BCUT2D eigenvalue weighted by atomic mass is 127. The van der Waals surface area contributed by atoms with Crippen LogP contribution in [0.15, 0.2) is 23.2 Å². The molecule has 0 bridgehead atoms. The molecule has 1 aromatic carbocycles. The van der Waals surface area contributed by atoms with Crippen molar-refractivity contribution >= 4 is 22.6 Å². The summed E-state index contributed by atoms with van der Waals surface area (Å²) in [6, 6.07) is 6.19. The fraction of sp³-hybridized carbons (Fsp3) is 0.500. The molecule has 0 atom stereocenters. The van der Waals surface area contributed by atoms with E-state index in [0.29, 0.717) is 0 Å². The van der Waals surface area contributed by atoms with Gasteiger partial charge < -0.3 is 34.4 Å². The first-order chi connectivity index (χ1) is 8.39. The molecule has 0 aromatic heterocycles. The molecule has 0 unspecified atom stereocenters. The molecule has 0 radical (unpaired) electrons. The van der Waals surface area contributed by atoms with Crippen LogP contribution in [0.2, 0.25) is 0 Å². The molecular formula is C14H22IN2OS-. The van der Waals surface area contributed by atoms with Gasteiger partial charge in [0.15, 0.2) is 5.17 Å². The van der Waals surface area contributed by atoms with Gasteiger partial charge in [-0.25, -0.2) is 0 Å². The van der Waals surface area contributed by atoms with Gasteiger partial charge in [0.1, 0.15) is 0 Å². The van der Waals surface area contributed by atoms with Crippen LogP contribution >= 0.6 is 11.8 Å². The zero-order valence-corrected chi connectivity index (χ0v) is 15.1. The Hall–Kier alpha value is -0.270. The zero-order chi connectivity index (χ0) is 13.8. The maximum Gasteiger partial charge on any atom is 0.161 e. The van der Waals surface area contributed by atoms with E-state index in [0.717, 1.165) is 10.9 Å². The Morgan fingerprint density at radius 1 is 1.32 bits per heavy atom. The highest BCUT2D eigenvalue weighted by Crippen LogP contribution is 2.22. The molecule has 108 valence electrons. The number of aliphatic imine (C=N–C) groups is 1. The van der Waals surface area contributed by atoms with Crippen molar-refractivity contribution in [2.45, 2.75) is 33.2 Å². The SMILES string of the molecule is CSC(=NC(C)(C)CO)Nc1c(C)cccc1C.[I-]. The summed E-state index contributed by atoms with van der Waals surface area (Å²) < 4.78 is 0. The molecule has 5 heteroatoms. The Morgan fingerprint density at radius 2 is 1.84 bits per heavy atom. The summed E-state index contributed by atoms with van der Waals surface area (Å²) in [7, 11) is 0. The maximum absolute atomic E-state index is 9.27. The molecule has 0 spiro atoms. The van der Waals surface area contributed by atoms with Crippen molar-refractivity contribution in [3.63, 3.8) is 0 Å². The van der Waals surface area contributed by atoms with Crippen LogP contribution in [0.1, 0.15) is 25.0 Å². The zero-order valence-electron chi connectivity index (χ0n) is 12.1. The van der Waals surface area contributed by atoms with E-state index in [9.17, 15) is 5.11 Å². The number of halogens is 1. The number of benzene rings is 1. The van der Waals surface area contributed by atoms with Crippen LogP contribution < -0.4 is 29.3 Å². The van der Waals surface area contributed by atoms with Crippen LogP contribution in [0.25, 0.3) is 0 Å². The van der Waals surface area contributed by atoms with E-state index >= 15 is 0 Å². The van der Waals surface area contributed by atoms with E-state index in [4.69, 9.17) is 0 Å². The fourth-order valence-electron chi connectivity index (χ4n) is 1.55. The summed E-state index contributed by atoms with van der Waals surface area (Å²) in [6.45, 7) is 8.01. The Balaban J connectivity index is 0.00000324. The number of para-hydroxylation sites is 1. The van der Waals surface area contributed by atoms with Gasteiger partial charge in [-0.05, 0) is 45.1 Å². The van der Waals surface area contributed by atoms with E-state index in [2.05, 4.69) is 36.3 Å². The quantitative estimate of drug-likeness (QED) is 0.439. The van der Waals surface area contributed by atoms with Gasteiger partial charge in [-0.2, -0.15) is 0 Å². The summed E-state index contributed by atoms with van der Waals surface area (Å²) in [4.78, 5) is 4.54. The van der Waals surface area contributed by atoms with Crippen molar-refractivity contribution < 1.29 is 29.1 Å². The molecule has 0 saturated carbocycles. The third kappa shape index (κ3) is 5.71. The van der Waals surface area contributed by atoms with E-state index in [1.54, 1.807) is 11.8 Å². The van der Waals surface area contributed by atoms with Gasteiger partial charge in [0.05, 0.1) is 12.1 Å². The first kappa shape index (κ1) is 18.7. The van der Waals surface area contributed by atoms with Crippen molar-refractivity contribution in [2.24, 2.45) is 4.99 Å². The van der Waals surface area contributed by atoms with Gasteiger partial charge in [-0.1, -0.05) is 30.0 Å². The highest BCUT2D eigenvalue weighted by Gasteiger charge is 2.16. The third-order valence-corrected chi connectivity index (χ3v) is 3.28. The van der Waals surface area contributed by atoms with Crippen LogP contribution in [-0.4, -0.2) is 28.7 Å². The highest BCUT2D eigenvalue weighted by molar-refractivity contribution is 8.13. The Bertz CT molecular complexity index is 427. The number of nitrogens with zero attached hydrogens (tertiary/aromatic N) is 1. The summed E-state index contributed by atoms with van der Waals surface area (Å²) in [6.07, 6.45) is 1.98. The molecule has 0 fully saturated rings. The summed E-state index contributed by atoms with van der Waals surface area (Å²) in [5.41, 5.74) is 3.03. The average Bonchev–Trinajstić information content (AvgIpc) is 2.32. The van der Waals surface area contributed by atoms with Crippen molar-refractivity contribution in [2.75, 3.05) is 18.2 Å². The lowest BCUT2D eigenvalue weighted by molar-refractivity contribution is -0.00000488. The molecule has 0 aliphatic heterocycles. The van der Waals surface area contributed by atoms with Crippen LogP contribution in [0.4, 0.5) is 5.69 Å². The smallest absolute Gasteiger partial charge is 0.161 e. The lowest BCUT2D eigenvalue weighted by atomic mass is 10.1. The second-order valence-electron chi connectivity index (χ2n) is 4.98. The van der Waals surface area contributed by atoms with E-state index in [-0.39, 0.29) is 30.6 Å². The number of thioether (sulfide) groups is 1. The van der Waals surface area contributed by atoms with Crippen molar-refractivity contribution in [3.8, 4) is 0 Å². The predicted octanol–water partition coefficient (Wildman–Crippen LogP) is 0.209.